The lowest BCUT2D eigenvalue weighted by atomic mass is 9.86. The first kappa shape index (κ1) is 11.1. The molecule has 3 heteroatoms. The normalized spacial score (nSPS) is 31.4. The lowest BCUT2D eigenvalue weighted by molar-refractivity contribution is -0.000957. The Balaban J connectivity index is 2.07. The van der Waals surface area contributed by atoms with Gasteiger partial charge in [-0.3, -0.25) is 0 Å². The molecule has 2 heterocycles. The summed E-state index contributed by atoms with van der Waals surface area (Å²) in [6.45, 7) is 5.98. The fraction of sp³-hybridized carbons (Fsp3) is 0.571. The molecule has 0 saturated carbocycles. The molecule has 2 unspecified atom stereocenters. The van der Waals surface area contributed by atoms with E-state index in [0.717, 1.165) is 36.4 Å². The minimum absolute atomic E-state index is 0.190. The SMILES string of the molecule is Cc1ccc2c(c1C)OC1(CCNC1)CC2O. The molecule has 0 aliphatic carbocycles. The molecule has 1 aromatic carbocycles. The highest BCUT2D eigenvalue weighted by molar-refractivity contribution is 5.48. The van der Waals surface area contributed by atoms with Crippen LogP contribution in [0.3, 0.4) is 0 Å². The first-order valence-electron chi connectivity index (χ1n) is 6.29. The van der Waals surface area contributed by atoms with Crippen LogP contribution < -0.4 is 10.1 Å². The van der Waals surface area contributed by atoms with E-state index in [9.17, 15) is 5.11 Å². The number of fused-ring (bicyclic) bond motifs is 1. The molecule has 1 spiro atoms. The van der Waals surface area contributed by atoms with Crippen molar-refractivity contribution in [3.8, 4) is 5.75 Å². The average molecular weight is 233 g/mol. The maximum Gasteiger partial charge on any atom is 0.129 e. The number of rotatable bonds is 0. The Hall–Kier alpha value is -1.06. The Morgan fingerprint density at radius 1 is 1.41 bits per heavy atom. The Bertz CT molecular complexity index is 450. The quantitative estimate of drug-likeness (QED) is 0.718. The van der Waals surface area contributed by atoms with Crippen molar-refractivity contribution in [2.24, 2.45) is 0 Å². The second-order valence-electron chi connectivity index (χ2n) is 5.36. The third-order valence-corrected chi connectivity index (χ3v) is 4.15. The van der Waals surface area contributed by atoms with Gasteiger partial charge in [0.2, 0.25) is 0 Å². The second-order valence-corrected chi connectivity index (χ2v) is 5.36. The van der Waals surface area contributed by atoms with Crippen LogP contribution in [0.25, 0.3) is 0 Å². The third kappa shape index (κ3) is 1.65. The second kappa shape index (κ2) is 3.72. The Morgan fingerprint density at radius 2 is 2.24 bits per heavy atom. The maximum absolute atomic E-state index is 10.3. The van der Waals surface area contributed by atoms with E-state index >= 15 is 0 Å². The van der Waals surface area contributed by atoms with Gasteiger partial charge < -0.3 is 15.2 Å². The minimum atomic E-state index is -0.391. The van der Waals surface area contributed by atoms with Crippen LogP contribution in [0, 0.1) is 13.8 Å². The summed E-state index contributed by atoms with van der Waals surface area (Å²) in [5.41, 5.74) is 3.14. The predicted molar refractivity (Wildman–Crippen MR) is 66.3 cm³/mol. The molecule has 1 saturated heterocycles. The number of aryl methyl sites for hydroxylation is 1. The highest BCUT2D eigenvalue weighted by Crippen LogP contribution is 2.44. The summed E-state index contributed by atoms with van der Waals surface area (Å²) in [5, 5.41) is 13.6. The van der Waals surface area contributed by atoms with Crippen molar-refractivity contribution in [3.05, 3.63) is 28.8 Å². The summed E-state index contributed by atoms with van der Waals surface area (Å²) in [7, 11) is 0. The van der Waals surface area contributed by atoms with Crippen molar-refractivity contribution < 1.29 is 9.84 Å². The zero-order valence-electron chi connectivity index (χ0n) is 10.4. The van der Waals surface area contributed by atoms with Crippen molar-refractivity contribution >= 4 is 0 Å². The Morgan fingerprint density at radius 3 is 2.94 bits per heavy atom. The molecule has 3 nitrogen and oxygen atoms in total. The summed E-state index contributed by atoms with van der Waals surface area (Å²) >= 11 is 0. The van der Waals surface area contributed by atoms with Gasteiger partial charge in [0.05, 0.1) is 6.10 Å². The van der Waals surface area contributed by atoms with Gasteiger partial charge in [0.25, 0.3) is 0 Å². The Labute approximate surface area is 102 Å². The first-order valence-corrected chi connectivity index (χ1v) is 6.29. The summed E-state index contributed by atoms with van der Waals surface area (Å²) in [5.74, 6) is 0.910. The topological polar surface area (TPSA) is 41.5 Å². The van der Waals surface area contributed by atoms with Crippen molar-refractivity contribution in [1.29, 1.82) is 0 Å². The molecule has 1 fully saturated rings. The number of nitrogens with one attached hydrogen (secondary N) is 1. The molecule has 2 aliphatic rings. The molecular formula is C14H19NO2. The van der Waals surface area contributed by atoms with E-state index in [-0.39, 0.29) is 5.60 Å². The molecule has 2 N–H and O–H groups in total. The van der Waals surface area contributed by atoms with Crippen LogP contribution >= 0.6 is 0 Å². The lowest BCUT2D eigenvalue weighted by Gasteiger charge is -2.38. The molecule has 0 bridgehead atoms. The number of aliphatic hydroxyl groups excluding tert-OH is 1. The fourth-order valence-electron chi connectivity index (χ4n) is 2.91. The monoisotopic (exact) mass is 233 g/mol. The Kier molecular flexibility index (Phi) is 2.42. The van der Waals surface area contributed by atoms with Crippen LogP contribution in [-0.2, 0) is 0 Å². The zero-order valence-corrected chi connectivity index (χ0v) is 10.4. The summed E-state index contributed by atoms with van der Waals surface area (Å²) in [6.07, 6.45) is 1.30. The van der Waals surface area contributed by atoms with Crippen LogP contribution in [0.5, 0.6) is 5.75 Å². The van der Waals surface area contributed by atoms with Gasteiger partial charge in [-0.15, -0.1) is 0 Å². The van der Waals surface area contributed by atoms with E-state index in [0.29, 0.717) is 6.42 Å². The molecule has 0 aromatic heterocycles. The van der Waals surface area contributed by atoms with Gasteiger partial charge in [0.15, 0.2) is 0 Å². The van der Waals surface area contributed by atoms with Crippen molar-refractivity contribution in [2.45, 2.75) is 38.4 Å². The van der Waals surface area contributed by atoms with Gasteiger partial charge in [-0.05, 0) is 31.5 Å². The van der Waals surface area contributed by atoms with Gasteiger partial charge in [0.1, 0.15) is 11.4 Å². The van der Waals surface area contributed by atoms with E-state index in [1.807, 2.05) is 6.07 Å². The average Bonchev–Trinajstić information content (AvgIpc) is 2.72. The van der Waals surface area contributed by atoms with Gasteiger partial charge in [0, 0.05) is 24.9 Å². The van der Waals surface area contributed by atoms with Crippen LogP contribution in [0.2, 0.25) is 0 Å². The number of aliphatic hydroxyl groups is 1. The number of ether oxygens (including phenoxy) is 1. The minimum Gasteiger partial charge on any atom is -0.485 e. The van der Waals surface area contributed by atoms with E-state index in [1.54, 1.807) is 0 Å². The number of benzene rings is 1. The summed E-state index contributed by atoms with van der Waals surface area (Å²) in [4.78, 5) is 0. The summed E-state index contributed by atoms with van der Waals surface area (Å²) < 4.78 is 6.24. The molecule has 0 radical (unpaired) electrons. The summed E-state index contributed by atoms with van der Waals surface area (Å²) in [6, 6.07) is 4.06. The standard InChI is InChI=1S/C14H19NO2/c1-9-3-4-11-12(16)7-14(5-6-15-8-14)17-13(11)10(9)2/h3-4,12,15-16H,5-8H2,1-2H3. The number of hydrogen-bond acceptors (Lipinski definition) is 3. The van der Waals surface area contributed by atoms with Crippen LogP contribution in [0.15, 0.2) is 12.1 Å². The van der Waals surface area contributed by atoms with Gasteiger partial charge in [-0.1, -0.05) is 12.1 Å². The van der Waals surface area contributed by atoms with Crippen molar-refractivity contribution in [3.63, 3.8) is 0 Å². The van der Waals surface area contributed by atoms with Crippen LogP contribution in [0.4, 0.5) is 0 Å². The lowest BCUT2D eigenvalue weighted by Crippen LogP contribution is -2.43. The maximum atomic E-state index is 10.3. The fourth-order valence-corrected chi connectivity index (χ4v) is 2.91. The highest BCUT2D eigenvalue weighted by atomic mass is 16.5. The van der Waals surface area contributed by atoms with E-state index in [2.05, 4.69) is 25.2 Å². The molecule has 92 valence electrons. The van der Waals surface area contributed by atoms with E-state index in [4.69, 9.17) is 4.74 Å². The van der Waals surface area contributed by atoms with E-state index in [1.165, 1.54) is 5.56 Å². The van der Waals surface area contributed by atoms with Crippen molar-refractivity contribution in [2.75, 3.05) is 13.1 Å². The van der Waals surface area contributed by atoms with Crippen LogP contribution in [-0.4, -0.2) is 23.8 Å². The molecule has 2 atom stereocenters. The molecule has 1 aromatic rings. The smallest absolute Gasteiger partial charge is 0.129 e. The molecule has 17 heavy (non-hydrogen) atoms. The number of hydrogen-bond donors (Lipinski definition) is 2. The molecule has 2 aliphatic heterocycles. The predicted octanol–water partition coefficient (Wildman–Crippen LogP) is 1.85. The molecule has 0 amide bonds. The largest absolute Gasteiger partial charge is 0.485 e. The first-order chi connectivity index (χ1) is 8.11. The zero-order chi connectivity index (χ0) is 12.0. The van der Waals surface area contributed by atoms with Gasteiger partial charge >= 0.3 is 0 Å². The van der Waals surface area contributed by atoms with Gasteiger partial charge in [-0.25, -0.2) is 0 Å². The molecule has 3 rings (SSSR count). The van der Waals surface area contributed by atoms with E-state index < -0.39 is 6.10 Å². The van der Waals surface area contributed by atoms with Crippen molar-refractivity contribution in [1.82, 2.24) is 5.32 Å². The van der Waals surface area contributed by atoms with Gasteiger partial charge in [-0.2, -0.15) is 0 Å². The molecular weight excluding hydrogens is 214 g/mol. The van der Waals surface area contributed by atoms with Crippen LogP contribution in [0.1, 0.15) is 35.6 Å². The highest BCUT2D eigenvalue weighted by Gasteiger charge is 2.43. The third-order valence-electron chi connectivity index (χ3n) is 4.15.